The van der Waals surface area contributed by atoms with E-state index in [1.54, 1.807) is 7.11 Å². The molecule has 1 aliphatic heterocycles. The fourth-order valence-electron chi connectivity index (χ4n) is 2.46. The lowest BCUT2D eigenvalue weighted by Crippen LogP contribution is -2.30. The van der Waals surface area contributed by atoms with Crippen LogP contribution in [-0.2, 0) is 4.74 Å². The summed E-state index contributed by atoms with van der Waals surface area (Å²) in [7, 11) is 1.63. The van der Waals surface area contributed by atoms with Crippen LogP contribution < -0.4 is 9.47 Å². The summed E-state index contributed by atoms with van der Waals surface area (Å²) in [6.07, 6.45) is 2.00. The Bertz CT molecular complexity index is 374. The van der Waals surface area contributed by atoms with E-state index in [1.165, 1.54) is 0 Å². The first-order chi connectivity index (χ1) is 9.35. The molecule has 4 nitrogen and oxygen atoms in total. The number of hydrogen-bond acceptors (Lipinski definition) is 4. The maximum Gasteiger partial charge on any atom is 0.161 e. The summed E-state index contributed by atoms with van der Waals surface area (Å²) in [5.41, 5.74) is 0. The van der Waals surface area contributed by atoms with Crippen molar-refractivity contribution in [2.45, 2.75) is 12.8 Å². The van der Waals surface area contributed by atoms with Crippen LogP contribution in [0.5, 0.6) is 11.5 Å². The third-order valence-corrected chi connectivity index (χ3v) is 3.69. The van der Waals surface area contributed by atoms with Crippen LogP contribution in [-0.4, -0.2) is 38.6 Å². The minimum absolute atomic E-state index is 0.153. The fraction of sp³-hybridized carbons (Fsp3) is 0.600. The molecular weight excluding hydrogens is 244 g/mol. The van der Waals surface area contributed by atoms with Crippen molar-refractivity contribution in [3.05, 3.63) is 24.3 Å². The van der Waals surface area contributed by atoms with Gasteiger partial charge in [0.15, 0.2) is 11.5 Å². The highest BCUT2D eigenvalue weighted by Crippen LogP contribution is 2.29. The lowest BCUT2D eigenvalue weighted by atomic mass is 9.87. The second-order valence-electron chi connectivity index (χ2n) is 4.85. The molecule has 1 heterocycles. The average molecular weight is 266 g/mol. The van der Waals surface area contributed by atoms with Crippen LogP contribution in [0.2, 0.25) is 0 Å². The molecule has 0 radical (unpaired) electrons. The van der Waals surface area contributed by atoms with Gasteiger partial charge in [0.05, 0.1) is 13.7 Å². The van der Waals surface area contributed by atoms with Gasteiger partial charge < -0.3 is 19.3 Å². The minimum Gasteiger partial charge on any atom is -0.493 e. The Kier molecular flexibility index (Phi) is 5.48. The standard InChI is InChI=1S/C15H22O4/c1-17-14-4-2-3-5-15(14)19-11-13(10-16)12-6-8-18-9-7-12/h2-5,12-13,16H,6-11H2,1H3. The third-order valence-electron chi connectivity index (χ3n) is 3.69. The third kappa shape index (κ3) is 3.85. The first kappa shape index (κ1) is 14.2. The predicted molar refractivity (Wildman–Crippen MR) is 72.6 cm³/mol. The lowest BCUT2D eigenvalue weighted by molar-refractivity contribution is 0.0196. The van der Waals surface area contributed by atoms with Crippen molar-refractivity contribution in [2.75, 3.05) is 33.5 Å². The van der Waals surface area contributed by atoms with Gasteiger partial charge >= 0.3 is 0 Å². The van der Waals surface area contributed by atoms with Gasteiger partial charge in [-0.3, -0.25) is 0 Å². The average Bonchev–Trinajstić information content (AvgIpc) is 2.49. The Labute approximate surface area is 114 Å². The first-order valence-electron chi connectivity index (χ1n) is 6.79. The summed E-state index contributed by atoms with van der Waals surface area (Å²) in [5, 5.41) is 9.53. The molecule has 0 saturated carbocycles. The van der Waals surface area contributed by atoms with Crippen molar-refractivity contribution in [3.8, 4) is 11.5 Å². The second kappa shape index (κ2) is 7.36. The number of hydrogen-bond donors (Lipinski definition) is 1. The number of rotatable bonds is 6. The number of benzene rings is 1. The van der Waals surface area contributed by atoms with E-state index >= 15 is 0 Å². The van der Waals surface area contributed by atoms with E-state index in [1.807, 2.05) is 24.3 Å². The zero-order valence-corrected chi connectivity index (χ0v) is 11.4. The summed E-state index contributed by atoms with van der Waals surface area (Å²) in [6, 6.07) is 7.59. The van der Waals surface area contributed by atoms with Crippen molar-refractivity contribution in [1.29, 1.82) is 0 Å². The molecule has 1 fully saturated rings. The van der Waals surface area contributed by atoms with Crippen LogP contribution in [0.4, 0.5) is 0 Å². The van der Waals surface area contributed by atoms with Gasteiger partial charge in [0.1, 0.15) is 0 Å². The Morgan fingerprint density at radius 1 is 1.26 bits per heavy atom. The van der Waals surface area contributed by atoms with E-state index in [0.29, 0.717) is 12.5 Å². The van der Waals surface area contributed by atoms with Gasteiger partial charge in [-0.2, -0.15) is 0 Å². The van der Waals surface area contributed by atoms with Crippen LogP contribution in [0.25, 0.3) is 0 Å². The molecule has 0 bridgehead atoms. The summed E-state index contributed by atoms with van der Waals surface area (Å²) >= 11 is 0. The van der Waals surface area contributed by atoms with E-state index < -0.39 is 0 Å². The maximum absolute atomic E-state index is 9.53. The normalized spacial score (nSPS) is 18.0. The molecular formula is C15H22O4. The number of aliphatic hydroxyl groups excluding tert-OH is 1. The molecule has 1 aromatic rings. The highest BCUT2D eigenvalue weighted by molar-refractivity contribution is 5.39. The van der Waals surface area contributed by atoms with E-state index in [0.717, 1.165) is 37.6 Å². The molecule has 1 unspecified atom stereocenters. The Hall–Kier alpha value is -1.26. The summed E-state index contributed by atoms with van der Waals surface area (Å²) in [6.45, 7) is 2.24. The molecule has 2 rings (SSSR count). The van der Waals surface area contributed by atoms with E-state index in [-0.39, 0.29) is 12.5 Å². The Morgan fingerprint density at radius 2 is 1.95 bits per heavy atom. The van der Waals surface area contributed by atoms with Gasteiger partial charge in [-0.05, 0) is 30.9 Å². The molecule has 0 amide bonds. The van der Waals surface area contributed by atoms with Crippen molar-refractivity contribution < 1.29 is 19.3 Å². The molecule has 1 N–H and O–H groups in total. The van der Waals surface area contributed by atoms with Gasteiger partial charge in [0.2, 0.25) is 0 Å². The predicted octanol–water partition coefficient (Wildman–Crippen LogP) is 2.11. The van der Waals surface area contributed by atoms with E-state index in [4.69, 9.17) is 14.2 Å². The summed E-state index contributed by atoms with van der Waals surface area (Å²) < 4.78 is 16.4. The molecule has 0 aromatic heterocycles. The van der Waals surface area contributed by atoms with Crippen molar-refractivity contribution in [3.63, 3.8) is 0 Å². The molecule has 1 atom stereocenters. The summed E-state index contributed by atoms with van der Waals surface area (Å²) in [5.74, 6) is 2.10. The van der Waals surface area contributed by atoms with Crippen LogP contribution in [0.1, 0.15) is 12.8 Å². The molecule has 4 heteroatoms. The van der Waals surface area contributed by atoms with E-state index in [9.17, 15) is 5.11 Å². The number of para-hydroxylation sites is 2. The fourth-order valence-corrected chi connectivity index (χ4v) is 2.46. The molecule has 1 aromatic carbocycles. The lowest BCUT2D eigenvalue weighted by Gasteiger charge is -2.29. The minimum atomic E-state index is 0.153. The SMILES string of the molecule is COc1ccccc1OCC(CO)C1CCOCC1. The molecule has 1 saturated heterocycles. The monoisotopic (exact) mass is 266 g/mol. The molecule has 19 heavy (non-hydrogen) atoms. The van der Waals surface area contributed by atoms with Gasteiger partial charge in [-0.25, -0.2) is 0 Å². The molecule has 0 spiro atoms. The second-order valence-corrected chi connectivity index (χ2v) is 4.85. The maximum atomic E-state index is 9.53. The quantitative estimate of drug-likeness (QED) is 0.856. The zero-order chi connectivity index (χ0) is 13.5. The summed E-state index contributed by atoms with van der Waals surface area (Å²) in [4.78, 5) is 0. The number of methoxy groups -OCH3 is 1. The Balaban J connectivity index is 1.91. The molecule has 106 valence electrons. The number of aliphatic hydroxyl groups is 1. The van der Waals surface area contributed by atoms with Gasteiger partial charge in [0, 0.05) is 25.7 Å². The van der Waals surface area contributed by atoms with Crippen LogP contribution in [0.3, 0.4) is 0 Å². The van der Waals surface area contributed by atoms with Crippen molar-refractivity contribution >= 4 is 0 Å². The van der Waals surface area contributed by atoms with Crippen LogP contribution in [0, 0.1) is 11.8 Å². The number of ether oxygens (including phenoxy) is 3. The van der Waals surface area contributed by atoms with Crippen LogP contribution in [0.15, 0.2) is 24.3 Å². The topological polar surface area (TPSA) is 47.9 Å². The highest BCUT2D eigenvalue weighted by Gasteiger charge is 2.24. The first-order valence-corrected chi connectivity index (χ1v) is 6.79. The van der Waals surface area contributed by atoms with E-state index in [2.05, 4.69) is 0 Å². The largest absolute Gasteiger partial charge is 0.493 e. The smallest absolute Gasteiger partial charge is 0.161 e. The molecule has 1 aliphatic rings. The van der Waals surface area contributed by atoms with Gasteiger partial charge in [0.25, 0.3) is 0 Å². The van der Waals surface area contributed by atoms with Crippen molar-refractivity contribution in [1.82, 2.24) is 0 Å². The van der Waals surface area contributed by atoms with Gasteiger partial charge in [-0.15, -0.1) is 0 Å². The van der Waals surface area contributed by atoms with Gasteiger partial charge in [-0.1, -0.05) is 12.1 Å². The molecule has 0 aliphatic carbocycles. The highest BCUT2D eigenvalue weighted by atomic mass is 16.5. The Morgan fingerprint density at radius 3 is 2.58 bits per heavy atom. The zero-order valence-electron chi connectivity index (χ0n) is 11.4. The van der Waals surface area contributed by atoms with Crippen molar-refractivity contribution in [2.24, 2.45) is 11.8 Å². The van der Waals surface area contributed by atoms with Crippen LogP contribution >= 0.6 is 0 Å².